The van der Waals surface area contributed by atoms with Crippen molar-refractivity contribution in [2.24, 2.45) is 0 Å². The summed E-state index contributed by atoms with van der Waals surface area (Å²) in [6.07, 6.45) is 6.88. The Morgan fingerprint density at radius 1 is 1.08 bits per heavy atom. The Bertz CT molecular complexity index is 1430. The summed E-state index contributed by atoms with van der Waals surface area (Å²) in [6, 6.07) is 19.3. The zero-order valence-corrected chi connectivity index (χ0v) is 21.3. The topological polar surface area (TPSA) is 58.6 Å². The van der Waals surface area contributed by atoms with Crippen LogP contribution in [0.1, 0.15) is 56.7 Å². The molecule has 0 saturated heterocycles. The molecule has 2 aliphatic rings. The van der Waals surface area contributed by atoms with Crippen molar-refractivity contribution in [1.29, 1.82) is 0 Å². The molecule has 3 aromatic rings. The second-order valence-corrected chi connectivity index (χ2v) is 9.89. The molecule has 2 atom stereocenters. The maximum Gasteiger partial charge on any atom is 0.335 e. The number of halogens is 1. The van der Waals surface area contributed by atoms with Crippen LogP contribution in [0.4, 0.5) is 4.39 Å². The molecule has 3 aromatic carbocycles. The molecule has 1 aliphatic carbocycles. The number of rotatable bonds is 7. The predicted octanol–water partition coefficient (Wildman–Crippen LogP) is 7.38. The highest BCUT2D eigenvalue weighted by atomic mass is 19.1. The van der Waals surface area contributed by atoms with Gasteiger partial charge in [-0.15, -0.1) is 0 Å². The number of hydrogen-bond acceptors (Lipinski definition) is 3. The maximum atomic E-state index is 14.2. The molecule has 0 amide bonds. The highest BCUT2D eigenvalue weighted by molar-refractivity contribution is 5.92. The minimum atomic E-state index is -0.885. The minimum Gasteiger partial charge on any atom is -0.489 e. The van der Waals surface area contributed by atoms with Crippen LogP contribution >= 0.6 is 0 Å². The molecule has 0 spiro atoms. The number of aliphatic carboxylic acids is 1. The van der Waals surface area contributed by atoms with Crippen molar-refractivity contribution in [2.45, 2.75) is 51.7 Å². The van der Waals surface area contributed by atoms with Crippen molar-refractivity contribution in [3.8, 4) is 5.75 Å². The van der Waals surface area contributed by atoms with Gasteiger partial charge in [0, 0.05) is 23.4 Å². The van der Waals surface area contributed by atoms with E-state index in [1.54, 1.807) is 18.2 Å². The predicted molar refractivity (Wildman–Crippen MR) is 146 cm³/mol. The summed E-state index contributed by atoms with van der Waals surface area (Å²) in [5.41, 5.74) is 6.00. The molecule has 37 heavy (non-hydrogen) atoms. The van der Waals surface area contributed by atoms with Gasteiger partial charge in [-0.2, -0.15) is 0 Å². The van der Waals surface area contributed by atoms with Crippen molar-refractivity contribution in [3.05, 3.63) is 106 Å². The molecule has 2 N–H and O–H groups in total. The Labute approximate surface area is 217 Å². The maximum absolute atomic E-state index is 14.2. The molecule has 190 valence electrons. The SMILES string of the molecule is CC1=CC(C(=O)O)=CC/C1=C1/C[C@H](CCCN[C@H](C)c2ccc(F)c3ccccc23)Oc2ccccc21. The molecule has 1 heterocycles. The van der Waals surface area contributed by atoms with E-state index in [0.29, 0.717) is 17.4 Å². The van der Waals surface area contributed by atoms with Gasteiger partial charge in [-0.3, -0.25) is 0 Å². The number of carboxylic acids is 1. The second-order valence-electron chi connectivity index (χ2n) is 9.89. The number of nitrogens with one attached hydrogen (secondary N) is 1. The number of carboxylic acid groups (broad SMARTS) is 1. The van der Waals surface area contributed by atoms with Gasteiger partial charge in [0.25, 0.3) is 0 Å². The lowest BCUT2D eigenvalue weighted by Crippen LogP contribution is -2.26. The third kappa shape index (κ3) is 5.23. The van der Waals surface area contributed by atoms with Crippen LogP contribution in [-0.4, -0.2) is 23.7 Å². The van der Waals surface area contributed by atoms with Gasteiger partial charge in [0.05, 0.1) is 5.57 Å². The molecule has 0 fully saturated rings. The molecule has 4 nitrogen and oxygen atoms in total. The Morgan fingerprint density at radius 2 is 1.84 bits per heavy atom. The monoisotopic (exact) mass is 497 g/mol. The zero-order valence-electron chi connectivity index (χ0n) is 21.3. The van der Waals surface area contributed by atoms with Gasteiger partial charge in [-0.05, 0) is 85.5 Å². The van der Waals surface area contributed by atoms with Crippen LogP contribution in [0.2, 0.25) is 0 Å². The molecule has 0 aromatic heterocycles. The lowest BCUT2D eigenvalue weighted by Gasteiger charge is -2.31. The molecule has 0 bridgehead atoms. The fraction of sp³-hybridized carbons (Fsp3) is 0.281. The van der Waals surface area contributed by atoms with Crippen molar-refractivity contribution >= 4 is 22.3 Å². The summed E-state index contributed by atoms with van der Waals surface area (Å²) in [5, 5.41) is 14.6. The lowest BCUT2D eigenvalue weighted by atomic mass is 9.84. The Hall–Kier alpha value is -3.70. The highest BCUT2D eigenvalue weighted by Crippen LogP contribution is 2.42. The van der Waals surface area contributed by atoms with Crippen molar-refractivity contribution < 1.29 is 19.0 Å². The van der Waals surface area contributed by atoms with Gasteiger partial charge >= 0.3 is 5.97 Å². The third-order valence-corrected chi connectivity index (χ3v) is 7.45. The van der Waals surface area contributed by atoms with Gasteiger partial charge in [0.2, 0.25) is 0 Å². The molecular weight excluding hydrogens is 465 g/mol. The van der Waals surface area contributed by atoms with Crippen LogP contribution < -0.4 is 10.1 Å². The van der Waals surface area contributed by atoms with E-state index in [2.05, 4.69) is 18.3 Å². The summed E-state index contributed by atoms with van der Waals surface area (Å²) < 4.78 is 20.6. The van der Waals surface area contributed by atoms with Gasteiger partial charge < -0.3 is 15.2 Å². The number of para-hydroxylation sites is 1. The van der Waals surface area contributed by atoms with Gasteiger partial charge in [-0.1, -0.05) is 54.6 Å². The van der Waals surface area contributed by atoms with Gasteiger partial charge in [0.1, 0.15) is 17.7 Å². The van der Waals surface area contributed by atoms with E-state index in [-0.39, 0.29) is 18.0 Å². The van der Waals surface area contributed by atoms with E-state index in [1.807, 2.05) is 55.5 Å². The molecular formula is C32H32FNO3. The van der Waals surface area contributed by atoms with Crippen LogP contribution in [0.25, 0.3) is 16.3 Å². The van der Waals surface area contributed by atoms with E-state index in [4.69, 9.17) is 4.74 Å². The van der Waals surface area contributed by atoms with Crippen molar-refractivity contribution in [2.75, 3.05) is 6.54 Å². The van der Waals surface area contributed by atoms with Crippen LogP contribution in [0.5, 0.6) is 5.75 Å². The van der Waals surface area contributed by atoms with Crippen LogP contribution in [-0.2, 0) is 4.79 Å². The smallest absolute Gasteiger partial charge is 0.335 e. The summed E-state index contributed by atoms with van der Waals surface area (Å²) in [5.74, 6) is -0.186. The largest absolute Gasteiger partial charge is 0.489 e. The average molecular weight is 498 g/mol. The summed E-state index contributed by atoms with van der Waals surface area (Å²) in [6.45, 7) is 4.94. The first-order valence-electron chi connectivity index (χ1n) is 12.9. The molecule has 0 unspecified atom stereocenters. The first kappa shape index (κ1) is 25.0. The number of carbonyl (C=O) groups is 1. The van der Waals surface area contributed by atoms with Gasteiger partial charge in [0.15, 0.2) is 0 Å². The Kier molecular flexibility index (Phi) is 7.24. The summed E-state index contributed by atoms with van der Waals surface area (Å²) in [4.78, 5) is 11.4. The quantitative estimate of drug-likeness (QED) is 0.335. The first-order chi connectivity index (χ1) is 17.9. The molecule has 5 rings (SSSR count). The third-order valence-electron chi connectivity index (χ3n) is 7.45. The fourth-order valence-corrected chi connectivity index (χ4v) is 5.51. The normalized spacial score (nSPS) is 20.0. The molecule has 0 saturated carbocycles. The molecule has 5 heteroatoms. The standard InChI is InChI=1S/C32H32FNO3/c1-20-18-22(32(35)36)13-14-24(20)29-19-23(37-31-12-6-5-11-28(29)31)8-7-17-34-21(2)25-15-16-30(33)27-10-4-3-9-26(25)27/h3-6,9-13,15-16,18,21,23,34H,7-8,14,17,19H2,1-2H3,(H,35,36)/b29-24+/t21-,23+/m1/s1. The zero-order chi connectivity index (χ0) is 25.9. The average Bonchev–Trinajstić information content (AvgIpc) is 2.91. The van der Waals surface area contributed by atoms with Crippen molar-refractivity contribution in [1.82, 2.24) is 5.32 Å². The van der Waals surface area contributed by atoms with E-state index < -0.39 is 5.97 Å². The first-order valence-corrected chi connectivity index (χ1v) is 12.9. The van der Waals surface area contributed by atoms with Crippen LogP contribution in [0.15, 0.2) is 89.5 Å². The van der Waals surface area contributed by atoms with Crippen molar-refractivity contribution in [3.63, 3.8) is 0 Å². The minimum absolute atomic E-state index is 0.0545. The molecule has 1 aliphatic heterocycles. The number of hydrogen-bond donors (Lipinski definition) is 2. The number of ether oxygens (including phenoxy) is 1. The highest BCUT2D eigenvalue weighted by Gasteiger charge is 2.27. The fourth-order valence-electron chi connectivity index (χ4n) is 5.51. The summed E-state index contributed by atoms with van der Waals surface area (Å²) in [7, 11) is 0. The number of allylic oxidation sites excluding steroid dienone is 3. The summed E-state index contributed by atoms with van der Waals surface area (Å²) >= 11 is 0. The Morgan fingerprint density at radius 3 is 2.62 bits per heavy atom. The van der Waals surface area contributed by atoms with E-state index in [1.165, 1.54) is 11.1 Å². The van der Waals surface area contributed by atoms with E-state index in [0.717, 1.165) is 53.6 Å². The second kappa shape index (κ2) is 10.7. The number of benzene rings is 3. The Balaban J connectivity index is 1.26. The van der Waals surface area contributed by atoms with E-state index >= 15 is 0 Å². The molecule has 0 radical (unpaired) electrons. The van der Waals surface area contributed by atoms with Crippen LogP contribution in [0, 0.1) is 5.82 Å². The lowest BCUT2D eigenvalue weighted by molar-refractivity contribution is -0.132. The van der Waals surface area contributed by atoms with Gasteiger partial charge in [-0.25, -0.2) is 9.18 Å². The van der Waals surface area contributed by atoms with Crippen LogP contribution in [0.3, 0.4) is 0 Å². The number of fused-ring (bicyclic) bond motifs is 2. The van der Waals surface area contributed by atoms with E-state index in [9.17, 15) is 14.3 Å².